The number of hydrogen-bond donors (Lipinski definition) is 1. The lowest BCUT2D eigenvalue weighted by molar-refractivity contribution is -0.145. The molecule has 0 amide bonds. The quantitative estimate of drug-likeness (QED) is 0.616. The van der Waals surface area contributed by atoms with Crippen LogP contribution in [0.5, 0.6) is 0 Å². The molecule has 3 nitrogen and oxygen atoms in total. The second-order valence-corrected chi connectivity index (χ2v) is 4.51. The van der Waals surface area contributed by atoms with Gasteiger partial charge < -0.3 is 10.1 Å². The van der Waals surface area contributed by atoms with E-state index in [2.05, 4.69) is 5.32 Å². The van der Waals surface area contributed by atoms with Crippen LogP contribution in [0.1, 0.15) is 27.2 Å². The molecule has 110 valence electrons. The van der Waals surface area contributed by atoms with Crippen LogP contribution in [0.4, 0.5) is 13.2 Å². The molecular weight excluding hydrogens is 245 g/mol. The number of hydrogen-bond acceptors (Lipinski definition) is 3. The maximum absolute atomic E-state index is 12.2. The molecule has 0 rings (SSSR count). The molecule has 0 aromatic carbocycles. The topological polar surface area (TPSA) is 24.5 Å². The van der Waals surface area contributed by atoms with E-state index in [4.69, 9.17) is 4.74 Å². The van der Waals surface area contributed by atoms with E-state index in [-0.39, 0.29) is 6.10 Å². The molecule has 0 saturated heterocycles. The zero-order chi connectivity index (χ0) is 14.0. The molecule has 0 spiro atoms. The van der Waals surface area contributed by atoms with Crippen molar-refractivity contribution < 1.29 is 17.9 Å². The monoisotopic (exact) mass is 270 g/mol. The Bertz CT molecular complexity index is 198. The lowest BCUT2D eigenvalue weighted by Crippen LogP contribution is -2.38. The van der Waals surface area contributed by atoms with Gasteiger partial charge in [-0.2, -0.15) is 13.2 Å². The van der Waals surface area contributed by atoms with Crippen molar-refractivity contribution in [2.45, 2.75) is 39.5 Å². The van der Waals surface area contributed by atoms with Crippen LogP contribution < -0.4 is 5.32 Å². The first-order chi connectivity index (χ1) is 8.35. The van der Waals surface area contributed by atoms with Crippen molar-refractivity contribution in [1.29, 1.82) is 0 Å². The third kappa shape index (κ3) is 12.1. The standard InChI is InChI=1S/C12H25F3N2O/c1-4-17(10-12(13,14)15)8-7-16-6-5-9-18-11(2)3/h11,16H,4-10H2,1-3H3. The number of likely N-dealkylation sites (N-methyl/N-ethyl adjacent to an activating group) is 1. The molecule has 0 aliphatic rings. The third-order valence-corrected chi connectivity index (χ3v) is 2.40. The van der Waals surface area contributed by atoms with E-state index in [0.29, 0.717) is 26.2 Å². The molecule has 1 N–H and O–H groups in total. The van der Waals surface area contributed by atoms with Gasteiger partial charge in [0.2, 0.25) is 0 Å². The average Bonchev–Trinajstić information content (AvgIpc) is 2.24. The van der Waals surface area contributed by atoms with Crippen LogP contribution in [-0.4, -0.2) is 56.5 Å². The second kappa shape index (κ2) is 9.58. The van der Waals surface area contributed by atoms with Gasteiger partial charge in [-0.1, -0.05) is 6.92 Å². The van der Waals surface area contributed by atoms with Gasteiger partial charge in [-0.25, -0.2) is 0 Å². The van der Waals surface area contributed by atoms with Crippen LogP contribution in [0.25, 0.3) is 0 Å². The van der Waals surface area contributed by atoms with Gasteiger partial charge in [0.05, 0.1) is 12.6 Å². The van der Waals surface area contributed by atoms with E-state index in [9.17, 15) is 13.2 Å². The summed E-state index contributed by atoms with van der Waals surface area (Å²) in [6.07, 6.45) is -3.00. The molecule has 0 aliphatic carbocycles. The molecule has 0 fully saturated rings. The van der Waals surface area contributed by atoms with E-state index in [0.717, 1.165) is 13.0 Å². The van der Waals surface area contributed by atoms with Gasteiger partial charge in [-0.05, 0) is 33.4 Å². The van der Waals surface area contributed by atoms with Crippen molar-refractivity contribution in [2.75, 3.05) is 39.3 Å². The average molecular weight is 270 g/mol. The number of ether oxygens (including phenoxy) is 1. The Morgan fingerprint density at radius 3 is 2.39 bits per heavy atom. The maximum Gasteiger partial charge on any atom is 0.401 e. The van der Waals surface area contributed by atoms with Gasteiger partial charge in [-0.15, -0.1) is 0 Å². The summed E-state index contributed by atoms with van der Waals surface area (Å²) in [4.78, 5) is 1.39. The van der Waals surface area contributed by atoms with Gasteiger partial charge >= 0.3 is 6.18 Å². The molecule has 0 aliphatic heterocycles. The van der Waals surface area contributed by atoms with E-state index in [1.807, 2.05) is 13.8 Å². The predicted octanol–water partition coefficient (Wildman–Crippen LogP) is 2.28. The highest BCUT2D eigenvalue weighted by Gasteiger charge is 2.29. The molecule has 0 unspecified atom stereocenters. The number of nitrogens with zero attached hydrogens (tertiary/aromatic N) is 1. The van der Waals surface area contributed by atoms with Gasteiger partial charge in [0.15, 0.2) is 0 Å². The van der Waals surface area contributed by atoms with Gasteiger partial charge in [0.1, 0.15) is 0 Å². The molecule has 0 heterocycles. The van der Waals surface area contributed by atoms with E-state index in [1.54, 1.807) is 6.92 Å². The summed E-state index contributed by atoms with van der Waals surface area (Å²) in [5, 5.41) is 3.12. The number of rotatable bonds is 10. The zero-order valence-corrected chi connectivity index (χ0v) is 11.5. The summed E-state index contributed by atoms with van der Waals surface area (Å²) in [7, 11) is 0. The normalized spacial score (nSPS) is 12.7. The first-order valence-corrected chi connectivity index (χ1v) is 6.46. The van der Waals surface area contributed by atoms with Crippen LogP contribution >= 0.6 is 0 Å². The first-order valence-electron chi connectivity index (χ1n) is 6.46. The predicted molar refractivity (Wildman–Crippen MR) is 66.7 cm³/mol. The Labute approximate surface area is 108 Å². The van der Waals surface area contributed by atoms with Crippen molar-refractivity contribution >= 4 is 0 Å². The summed E-state index contributed by atoms with van der Waals surface area (Å²) in [5.74, 6) is 0. The largest absolute Gasteiger partial charge is 0.401 e. The number of halogens is 3. The van der Waals surface area contributed by atoms with Crippen LogP contribution in [0.15, 0.2) is 0 Å². The zero-order valence-electron chi connectivity index (χ0n) is 11.5. The van der Waals surface area contributed by atoms with Crippen molar-refractivity contribution in [3.63, 3.8) is 0 Å². The molecule has 0 atom stereocenters. The highest BCUT2D eigenvalue weighted by Crippen LogP contribution is 2.15. The van der Waals surface area contributed by atoms with E-state index >= 15 is 0 Å². The Hall–Kier alpha value is -0.330. The smallest absolute Gasteiger partial charge is 0.379 e. The van der Waals surface area contributed by atoms with Crippen molar-refractivity contribution in [3.8, 4) is 0 Å². The minimum Gasteiger partial charge on any atom is -0.379 e. The molecular formula is C12H25F3N2O. The molecule has 0 radical (unpaired) electrons. The summed E-state index contributed by atoms with van der Waals surface area (Å²) >= 11 is 0. The summed E-state index contributed by atoms with van der Waals surface area (Å²) in [6.45, 7) is 7.72. The number of nitrogens with one attached hydrogen (secondary N) is 1. The fourth-order valence-electron chi connectivity index (χ4n) is 1.48. The highest BCUT2D eigenvalue weighted by molar-refractivity contribution is 4.63. The van der Waals surface area contributed by atoms with Crippen LogP contribution in [0.3, 0.4) is 0 Å². The minimum absolute atomic E-state index is 0.229. The van der Waals surface area contributed by atoms with Crippen molar-refractivity contribution in [3.05, 3.63) is 0 Å². The minimum atomic E-state index is -4.11. The lowest BCUT2D eigenvalue weighted by Gasteiger charge is -2.21. The molecule has 0 aromatic rings. The fourth-order valence-corrected chi connectivity index (χ4v) is 1.48. The van der Waals surface area contributed by atoms with Gasteiger partial charge in [0.25, 0.3) is 0 Å². The Morgan fingerprint density at radius 2 is 1.89 bits per heavy atom. The first kappa shape index (κ1) is 17.7. The van der Waals surface area contributed by atoms with Gasteiger partial charge in [-0.3, -0.25) is 4.90 Å². The van der Waals surface area contributed by atoms with Crippen LogP contribution in [0.2, 0.25) is 0 Å². The van der Waals surface area contributed by atoms with E-state index in [1.165, 1.54) is 4.90 Å². The third-order valence-electron chi connectivity index (χ3n) is 2.40. The Balaban J connectivity index is 3.46. The van der Waals surface area contributed by atoms with E-state index < -0.39 is 12.7 Å². The molecule has 0 bridgehead atoms. The van der Waals surface area contributed by atoms with Crippen LogP contribution in [0, 0.1) is 0 Å². The lowest BCUT2D eigenvalue weighted by atomic mass is 10.4. The second-order valence-electron chi connectivity index (χ2n) is 4.51. The molecule has 6 heteroatoms. The van der Waals surface area contributed by atoms with Gasteiger partial charge in [0, 0.05) is 19.7 Å². The number of alkyl halides is 3. The Kier molecular flexibility index (Phi) is 9.40. The summed E-state index contributed by atoms with van der Waals surface area (Å²) in [5.41, 5.74) is 0. The molecule has 0 saturated carbocycles. The fraction of sp³-hybridized carbons (Fsp3) is 1.00. The molecule has 0 aromatic heterocycles. The van der Waals surface area contributed by atoms with Crippen molar-refractivity contribution in [1.82, 2.24) is 10.2 Å². The summed E-state index contributed by atoms with van der Waals surface area (Å²) < 4.78 is 41.9. The molecule has 18 heavy (non-hydrogen) atoms. The Morgan fingerprint density at radius 1 is 1.22 bits per heavy atom. The highest BCUT2D eigenvalue weighted by atomic mass is 19.4. The van der Waals surface area contributed by atoms with Crippen molar-refractivity contribution in [2.24, 2.45) is 0 Å². The SMILES string of the molecule is CCN(CCNCCCOC(C)C)CC(F)(F)F. The maximum atomic E-state index is 12.2. The summed E-state index contributed by atoms with van der Waals surface area (Å²) in [6, 6.07) is 0. The van der Waals surface area contributed by atoms with Crippen LogP contribution in [-0.2, 0) is 4.74 Å².